The Morgan fingerprint density at radius 1 is 1.35 bits per heavy atom. The van der Waals surface area contributed by atoms with Gasteiger partial charge in [-0.15, -0.1) is 0 Å². The van der Waals surface area contributed by atoms with Crippen LogP contribution >= 0.6 is 11.6 Å². The number of benzene rings is 1. The summed E-state index contributed by atoms with van der Waals surface area (Å²) >= 11 is 5.82. The van der Waals surface area contributed by atoms with E-state index in [0.29, 0.717) is 0 Å². The summed E-state index contributed by atoms with van der Waals surface area (Å²) in [7, 11) is -3.73. The molecule has 0 saturated heterocycles. The van der Waals surface area contributed by atoms with Crippen LogP contribution in [0.15, 0.2) is 24.3 Å². The van der Waals surface area contributed by atoms with E-state index >= 15 is 0 Å². The van der Waals surface area contributed by atoms with Crippen LogP contribution in [-0.2, 0) is 9.84 Å². The van der Waals surface area contributed by atoms with E-state index in [4.69, 9.17) is 11.6 Å². The van der Waals surface area contributed by atoms with Crippen LogP contribution in [-0.4, -0.2) is 24.2 Å². The summed E-state index contributed by atoms with van der Waals surface area (Å²) < 4.78 is 34.0. The van der Waals surface area contributed by atoms with Crippen molar-refractivity contribution < 1.29 is 17.6 Å². The van der Waals surface area contributed by atoms with Crippen LogP contribution in [0.3, 0.4) is 0 Å². The first-order valence-corrected chi connectivity index (χ1v) is 6.97. The van der Waals surface area contributed by atoms with Gasteiger partial charge in [0.05, 0.1) is 0 Å². The number of hydrogen-bond acceptors (Lipinski definition) is 3. The monoisotopic (exact) mass is 278 g/mol. The molecule has 0 saturated carbocycles. The summed E-state index contributed by atoms with van der Waals surface area (Å²) in [5.41, 5.74) is 0.0703. The van der Waals surface area contributed by atoms with Crippen molar-refractivity contribution in [1.82, 2.24) is 0 Å². The minimum absolute atomic E-state index is 0.0703. The smallest absolute Gasteiger partial charge is 0.205 e. The zero-order valence-corrected chi connectivity index (χ0v) is 11.0. The number of rotatable bonds is 4. The molecule has 0 spiro atoms. The molecule has 0 N–H and O–H groups in total. The summed E-state index contributed by atoms with van der Waals surface area (Å²) in [5.74, 6) is -1.49. The first-order valence-electron chi connectivity index (χ1n) is 4.94. The number of carbonyl (C=O) groups excluding carboxylic acids is 1. The fourth-order valence-corrected chi connectivity index (χ4v) is 2.65. The average molecular weight is 279 g/mol. The number of Topliss-reactive ketones (excluding diaryl/α,β-unsaturated/α-hetero) is 1. The van der Waals surface area contributed by atoms with E-state index in [0.717, 1.165) is 19.1 Å². The lowest BCUT2D eigenvalue weighted by atomic mass is 10.1. The van der Waals surface area contributed by atoms with Gasteiger partial charge in [-0.3, -0.25) is 4.79 Å². The van der Waals surface area contributed by atoms with Crippen LogP contribution < -0.4 is 0 Å². The van der Waals surface area contributed by atoms with Crippen molar-refractivity contribution in [2.75, 3.05) is 5.75 Å². The van der Waals surface area contributed by atoms with Crippen molar-refractivity contribution in [3.05, 3.63) is 35.6 Å². The molecule has 17 heavy (non-hydrogen) atoms. The van der Waals surface area contributed by atoms with Gasteiger partial charge in [-0.05, 0) is 31.2 Å². The second kappa shape index (κ2) is 4.74. The second-order valence-electron chi connectivity index (χ2n) is 3.66. The number of alkyl halides is 1. The molecular formula is C11H12ClFO3S. The van der Waals surface area contributed by atoms with Gasteiger partial charge < -0.3 is 0 Å². The maximum Gasteiger partial charge on any atom is 0.205 e. The summed E-state index contributed by atoms with van der Waals surface area (Å²) in [6, 6.07) is 4.59. The third-order valence-electron chi connectivity index (χ3n) is 2.48. The lowest BCUT2D eigenvalue weighted by Crippen LogP contribution is -2.39. The molecule has 0 bridgehead atoms. The van der Waals surface area contributed by atoms with E-state index < -0.39 is 25.6 Å². The van der Waals surface area contributed by atoms with E-state index in [1.165, 1.54) is 19.1 Å². The van der Waals surface area contributed by atoms with E-state index in [2.05, 4.69) is 0 Å². The van der Waals surface area contributed by atoms with Crippen molar-refractivity contribution in [1.29, 1.82) is 0 Å². The third kappa shape index (κ3) is 2.66. The van der Waals surface area contributed by atoms with Gasteiger partial charge in [-0.25, -0.2) is 12.8 Å². The molecule has 1 aromatic carbocycles. The van der Waals surface area contributed by atoms with Gasteiger partial charge in [0, 0.05) is 11.3 Å². The fourth-order valence-electron chi connectivity index (χ4n) is 1.27. The zero-order chi connectivity index (χ0) is 13.3. The number of sulfone groups is 1. The molecule has 0 aromatic heterocycles. The average Bonchev–Trinajstić information content (AvgIpc) is 2.28. The molecule has 0 aliphatic carbocycles. The van der Waals surface area contributed by atoms with Crippen molar-refractivity contribution in [3.8, 4) is 0 Å². The van der Waals surface area contributed by atoms with Crippen molar-refractivity contribution in [2.45, 2.75) is 18.1 Å². The Hall–Kier alpha value is -0.940. The van der Waals surface area contributed by atoms with Crippen molar-refractivity contribution in [2.24, 2.45) is 0 Å². The summed E-state index contributed by atoms with van der Waals surface area (Å²) in [5, 5.41) is 0. The Morgan fingerprint density at radius 3 is 2.24 bits per heavy atom. The normalized spacial score (nSPS) is 15.3. The van der Waals surface area contributed by atoms with Gasteiger partial charge in [0.1, 0.15) is 5.82 Å². The quantitative estimate of drug-likeness (QED) is 0.628. The molecule has 1 rings (SSSR count). The molecule has 0 aliphatic rings. The highest BCUT2D eigenvalue weighted by Crippen LogP contribution is 2.28. The molecule has 3 nitrogen and oxygen atoms in total. The number of carbonyl (C=O) groups is 1. The predicted molar refractivity (Wildman–Crippen MR) is 64.4 cm³/mol. The first-order chi connectivity index (χ1) is 7.72. The van der Waals surface area contributed by atoms with E-state index in [9.17, 15) is 17.6 Å². The molecular weight excluding hydrogens is 267 g/mol. The predicted octanol–water partition coefficient (Wildman–Crippen LogP) is 2.40. The van der Waals surface area contributed by atoms with E-state index in [1.54, 1.807) is 0 Å². The molecule has 1 aromatic rings. The lowest BCUT2D eigenvalue weighted by Gasteiger charge is -2.20. The highest BCUT2D eigenvalue weighted by atomic mass is 35.5. The molecule has 0 heterocycles. The third-order valence-corrected chi connectivity index (χ3v) is 5.47. The molecule has 0 unspecified atom stereocenters. The van der Waals surface area contributed by atoms with Crippen molar-refractivity contribution in [3.63, 3.8) is 0 Å². The Morgan fingerprint density at radius 2 is 1.82 bits per heavy atom. The van der Waals surface area contributed by atoms with Crippen LogP contribution in [0.25, 0.3) is 0 Å². The lowest BCUT2D eigenvalue weighted by molar-refractivity contribution is 0.0978. The maximum atomic E-state index is 12.7. The number of ketones is 1. The Balaban J connectivity index is 3.18. The maximum absolute atomic E-state index is 12.7. The van der Waals surface area contributed by atoms with Gasteiger partial charge in [0.15, 0.2) is 15.6 Å². The molecule has 1 atom stereocenters. The van der Waals surface area contributed by atoms with Crippen LogP contribution in [0.4, 0.5) is 4.39 Å². The molecule has 0 aliphatic heterocycles. The van der Waals surface area contributed by atoms with Crippen LogP contribution in [0, 0.1) is 5.82 Å². The molecule has 0 radical (unpaired) electrons. The number of hydrogen-bond donors (Lipinski definition) is 0. The van der Waals surface area contributed by atoms with Gasteiger partial charge in [-0.1, -0.05) is 18.5 Å². The van der Waals surface area contributed by atoms with Crippen LogP contribution in [0.1, 0.15) is 24.2 Å². The van der Waals surface area contributed by atoms with Crippen LogP contribution in [0.2, 0.25) is 0 Å². The Labute approximate surface area is 105 Å². The number of halogens is 2. The first kappa shape index (κ1) is 14.1. The second-order valence-corrected chi connectivity index (χ2v) is 7.26. The molecule has 6 heteroatoms. The summed E-state index contributed by atoms with van der Waals surface area (Å²) in [6.07, 6.45) is 0. The standard InChI is InChI=1S/C11H12ClFO3S/c1-3-17(15,16)11(2,12)10(14)8-4-6-9(13)7-5-8/h4-7H,3H2,1-2H3/t11-/m0/s1. The summed E-state index contributed by atoms with van der Waals surface area (Å²) in [4.78, 5) is 11.9. The van der Waals surface area contributed by atoms with Gasteiger partial charge in [0.2, 0.25) is 4.21 Å². The van der Waals surface area contributed by atoms with E-state index in [1.807, 2.05) is 0 Å². The van der Waals surface area contributed by atoms with Gasteiger partial charge in [0.25, 0.3) is 0 Å². The largest absolute Gasteiger partial charge is 0.291 e. The SMILES string of the molecule is CCS(=O)(=O)[C@](C)(Cl)C(=O)c1ccc(F)cc1. The minimum atomic E-state index is -3.73. The Bertz CT molecular complexity index is 520. The molecule has 94 valence electrons. The highest BCUT2D eigenvalue weighted by molar-refractivity contribution is 7.95. The summed E-state index contributed by atoms with van der Waals surface area (Å²) in [6.45, 7) is 2.55. The minimum Gasteiger partial charge on any atom is -0.291 e. The molecule has 0 amide bonds. The Kier molecular flexibility index (Phi) is 3.94. The highest BCUT2D eigenvalue weighted by Gasteiger charge is 2.43. The zero-order valence-electron chi connectivity index (χ0n) is 9.41. The molecule has 0 fully saturated rings. The fraction of sp³-hybridized carbons (Fsp3) is 0.364. The van der Waals surface area contributed by atoms with Crippen LogP contribution in [0.5, 0.6) is 0 Å². The van der Waals surface area contributed by atoms with E-state index in [-0.39, 0.29) is 11.3 Å². The topological polar surface area (TPSA) is 51.2 Å². The van der Waals surface area contributed by atoms with Gasteiger partial charge in [-0.2, -0.15) is 0 Å². The van der Waals surface area contributed by atoms with Gasteiger partial charge >= 0.3 is 0 Å². The van der Waals surface area contributed by atoms with Crippen molar-refractivity contribution >= 4 is 27.2 Å².